The molecule has 2 N–H and O–H groups in total. The maximum Gasteiger partial charge on any atom is 0.161 e. The van der Waals surface area contributed by atoms with Crippen molar-refractivity contribution in [2.75, 3.05) is 27.3 Å². The van der Waals surface area contributed by atoms with Gasteiger partial charge in [-0.2, -0.15) is 0 Å². The number of hydrogen-bond acceptors (Lipinski definition) is 4. The molecule has 116 valence electrons. The van der Waals surface area contributed by atoms with Gasteiger partial charge in [-0.15, -0.1) is 0 Å². The van der Waals surface area contributed by atoms with Gasteiger partial charge in [-0.25, -0.2) is 0 Å². The van der Waals surface area contributed by atoms with E-state index in [9.17, 15) is 0 Å². The molecule has 1 aromatic rings. The Balaban J connectivity index is 1.93. The Bertz CT molecular complexity index is 488. The van der Waals surface area contributed by atoms with E-state index in [0.29, 0.717) is 12.0 Å². The minimum Gasteiger partial charge on any atom is -0.493 e. The van der Waals surface area contributed by atoms with Gasteiger partial charge in [0, 0.05) is 12.1 Å². The Labute approximate surface area is 127 Å². The van der Waals surface area contributed by atoms with Crippen LogP contribution in [0.2, 0.25) is 0 Å². The zero-order valence-corrected chi connectivity index (χ0v) is 13.0. The van der Waals surface area contributed by atoms with Crippen molar-refractivity contribution in [1.29, 1.82) is 0 Å². The second kappa shape index (κ2) is 6.24. The number of nitrogens with zero attached hydrogens (tertiary/aromatic N) is 1. The van der Waals surface area contributed by atoms with Gasteiger partial charge < -0.3 is 15.2 Å². The van der Waals surface area contributed by atoms with Gasteiger partial charge in [0.15, 0.2) is 11.5 Å². The van der Waals surface area contributed by atoms with Crippen molar-refractivity contribution >= 4 is 0 Å². The van der Waals surface area contributed by atoms with Crippen LogP contribution in [0.1, 0.15) is 37.3 Å². The number of nitrogens with two attached hydrogens (primary N) is 1. The molecule has 0 spiro atoms. The van der Waals surface area contributed by atoms with Crippen LogP contribution >= 0.6 is 0 Å². The standard InChI is InChI=1S/C17H26N2O2/c1-20-15-8-5-12(10-16(15)21-2)17-13(11-18)4-3-9-19(17)14-6-7-14/h5,8,10,13-14,17H,3-4,6-7,9,11,18H2,1-2H3. The van der Waals surface area contributed by atoms with Gasteiger partial charge in [-0.3, -0.25) is 4.90 Å². The van der Waals surface area contributed by atoms with Gasteiger partial charge in [0.2, 0.25) is 0 Å². The van der Waals surface area contributed by atoms with Crippen LogP contribution in [0.25, 0.3) is 0 Å². The summed E-state index contributed by atoms with van der Waals surface area (Å²) < 4.78 is 10.8. The summed E-state index contributed by atoms with van der Waals surface area (Å²) in [6, 6.07) is 7.51. The third kappa shape index (κ3) is 2.87. The van der Waals surface area contributed by atoms with Gasteiger partial charge in [0.05, 0.1) is 14.2 Å². The van der Waals surface area contributed by atoms with Crippen molar-refractivity contribution in [3.05, 3.63) is 23.8 Å². The van der Waals surface area contributed by atoms with Crippen molar-refractivity contribution < 1.29 is 9.47 Å². The zero-order valence-electron chi connectivity index (χ0n) is 13.0. The molecule has 1 saturated carbocycles. The van der Waals surface area contributed by atoms with Gasteiger partial charge >= 0.3 is 0 Å². The molecule has 3 rings (SSSR count). The fourth-order valence-corrected chi connectivity index (χ4v) is 3.67. The Kier molecular flexibility index (Phi) is 4.36. The van der Waals surface area contributed by atoms with E-state index >= 15 is 0 Å². The molecule has 1 aliphatic carbocycles. The Morgan fingerprint density at radius 3 is 2.52 bits per heavy atom. The summed E-state index contributed by atoms with van der Waals surface area (Å²) in [6.45, 7) is 1.95. The lowest BCUT2D eigenvalue weighted by atomic mass is 9.84. The topological polar surface area (TPSA) is 47.7 Å². The number of benzene rings is 1. The fourth-order valence-electron chi connectivity index (χ4n) is 3.67. The van der Waals surface area contributed by atoms with E-state index in [2.05, 4.69) is 17.0 Å². The van der Waals surface area contributed by atoms with Gasteiger partial charge in [0.25, 0.3) is 0 Å². The summed E-state index contributed by atoms with van der Waals surface area (Å²) >= 11 is 0. The lowest BCUT2D eigenvalue weighted by Gasteiger charge is -2.41. The van der Waals surface area contributed by atoms with Crippen LogP contribution in [-0.2, 0) is 0 Å². The van der Waals surface area contributed by atoms with E-state index in [-0.39, 0.29) is 0 Å². The summed E-state index contributed by atoms with van der Waals surface area (Å²) in [7, 11) is 3.37. The molecule has 1 saturated heterocycles. The number of methoxy groups -OCH3 is 2. The summed E-state index contributed by atoms with van der Waals surface area (Å²) in [5.41, 5.74) is 7.37. The molecule has 1 aliphatic heterocycles. The quantitative estimate of drug-likeness (QED) is 0.905. The van der Waals surface area contributed by atoms with E-state index in [1.807, 2.05) is 6.07 Å². The van der Waals surface area contributed by atoms with Crippen molar-refractivity contribution in [1.82, 2.24) is 4.90 Å². The van der Waals surface area contributed by atoms with Crippen molar-refractivity contribution in [3.63, 3.8) is 0 Å². The van der Waals surface area contributed by atoms with Crippen LogP contribution in [0.5, 0.6) is 11.5 Å². The minimum atomic E-state index is 0.427. The van der Waals surface area contributed by atoms with Crippen LogP contribution in [-0.4, -0.2) is 38.3 Å². The van der Waals surface area contributed by atoms with Crippen LogP contribution in [0, 0.1) is 5.92 Å². The molecule has 0 aromatic heterocycles. The molecule has 2 aliphatic rings. The average Bonchev–Trinajstić information content (AvgIpc) is 3.38. The van der Waals surface area contributed by atoms with Crippen molar-refractivity contribution in [2.24, 2.45) is 11.7 Å². The summed E-state index contributed by atoms with van der Waals surface area (Å²) in [4.78, 5) is 2.67. The zero-order chi connectivity index (χ0) is 14.8. The highest BCUT2D eigenvalue weighted by atomic mass is 16.5. The first-order valence-corrected chi connectivity index (χ1v) is 7.96. The Morgan fingerprint density at radius 1 is 1.14 bits per heavy atom. The highest BCUT2D eigenvalue weighted by Crippen LogP contribution is 2.44. The van der Waals surface area contributed by atoms with Gasteiger partial charge in [0.1, 0.15) is 0 Å². The number of rotatable bonds is 5. The molecular formula is C17H26N2O2. The molecule has 1 aromatic carbocycles. The van der Waals surface area contributed by atoms with E-state index in [4.69, 9.17) is 15.2 Å². The molecule has 1 heterocycles. The second-order valence-corrected chi connectivity index (χ2v) is 6.17. The van der Waals surface area contributed by atoms with Crippen LogP contribution in [0.4, 0.5) is 0 Å². The third-order valence-electron chi connectivity index (χ3n) is 4.86. The molecule has 4 heteroatoms. The predicted octanol–water partition coefficient (Wildman–Crippen LogP) is 2.58. The minimum absolute atomic E-state index is 0.427. The highest BCUT2D eigenvalue weighted by Gasteiger charge is 2.40. The molecule has 0 amide bonds. The number of piperidine rings is 1. The Morgan fingerprint density at radius 2 is 1.90 bits per heavy atom. The Hall–Kier alpha value is -1.26. The SMILES string of the molecule is COc1ccc(C2C(CN)CCCN2C2CC2)cc1OC. The normalized spacial score (nSPS) is 26.6. The highest BCUT2D eigenvalue weighted by molar-refractivity contribution is 5.44. The maximum absolute atomic E-state index is 6.06. The monoisotopic (exact) mass is 290 g/mol. The molecular weight excluding hydrogens is 264 g/mol. The first kappa shape index (κ1) is 14.7. The van der Waals surface area contributed by atoms with Crippen LogP contribution in [0.15, 0.2) is 18.2 Å². The van der Waals surface area contributed by atoms with E-state index in [1.54, 1.807) is 14.2 Å². The second-order valence-electron chi connectivity index (χ2n) is 6.17. The molecule has 4 nitrogen and oxygen atoms in total. The summed E-state index contributed by atoms with van der Waals surface area (Å²) in [6.07, 6.45) is 5.16. The molecule has 0 radical (unpaired) electrons. The maximum atomic E-state index is 6.06. The van der Waals surface area contributed by atoms with Gasteiger partial charge in [-0.1, -0.05) is 6.07 Å². The molecule has 2 unspecified atom stereocenters. The molecule has 2 atom stereocenters. The molecule has 0 bridgehead atoms. The predicted molar refractivity (Wildman–Crippen MR) is 83.8 cm³/mol. The largest absolute Gasteiger partial charge is 0.493 e. The average molecular weight is 290 g/mol. The number of ether oxygens (including phenoxy) is 2. The van der Waals surface area contributed by atoms with E-state index in [0.717, 1.165) is 24.1 Å². The first-order chi connectivity index (χ1) is 10.3. The van der Waals surface area contributed by atoms with E-state index < -0.39 is 0 Å². The summed E-state index contributed by atoms with van der Waals surface area (Å²) in [5.74, 6) is 2.14. The number of likely N-dealkylation sites (tertiary alicyclic amines) is 1. The van der Waals surface area contributed by atoms with Crippen molar-refractivity contribution in [3.8, 4) is 11.5 Å². The van der Waals surface area contributed by atoms with Crippen LogP contribution in [0.3, 0.4) is 0 Å². The lowest BCUT2D eigenvalue weighted by molar-refractivity contribution is 0.0877. The fraction of sp³-hybridized carbons (Fsp3) is 0.647. The van der Waals surface area contributed by atoms with E-state index in [1.165, 1.54) is 37.8 Å². The number of hydrogen-bond donors (Lipinski definition) is 1. The summed E-state index contributed by atoms with van der Waals surface area (Å²) in [5, 5.41) is 0. The lowest BCUT2D eigenvalue weighted by Crippen LogP contribution is -2.42. The smallest absolute Gasteiger partial charge is 0.161 e. The third-order valence-corrected chi connectivity index (χ3v) is 4.86. The molecule has 21 heavy (non-hydrogen) atoms. The first-order valence-electron chi connectivity index (χ1n) is 7.96. The van der Waals surface area contributed by atoms with Gasteiger partial charge in [-0.05, 0) is 62.4 Å². The molecule has 2 fully saturated rings. The van der Waals surface area contributed by atoms with Crippen LogP contribution < -0.4 is 15.2 Å². The van der Waals surface area contributed by atoms with Crippen molar-refractivity contribution in [2.45, 2.75) is 37.8 Å².